The highest BCUT2D eigenvalue weighted by atomic mass is 16.4. The minimum Gasteiger partial charge on any atom is -0.480 e. The molecule has 0 spiro atoms. The molecule has 230 valence electrons. The second-order valence-corrected chi connectivity index (χ2v) is 12.5. The second-order valence-electron chi connectivity index (χ2n) is 12.5. The summed E-state index contributed by atoms with van der Waals surface area (Å²) in [6, 6.07) is -2.96. The van der Waals surface area contributed by atoms with Crippen molar-refractivity contribution >= 4 is 29.8 Å². The first-order valence-corrected chi connectivity index (χ1v) is 14.9. The third-order valence-electron chi connectivity index (χ3n) is 9.62. The van der Waals surface area contributed by atoms with E-state index >= 15 is 0 Å². The molecule has 0 bridgehead atoms. The van der Waals surface area contributed by atoms with Gasteiger partial charge in [0.2, 0.25) is 0 Å². The third-order valence-corrected chi connectivity index (χ3v) is 9.62. The van der Waals surface area contributed by atoms with Crippen LogP contribution in [-0.2, 0) is 24.0 Å². The fourth-order valence-electron chi connectivity index (χ4n) is 7.14. The van der Waals surface area contributed by atoms with Gasteiger partial charge in [0, 0.05) is 0 Å². The number of carbonyl (C=O) groups is 5. The topological polar surface area (TPSA) is 196 Å². The van der Waals surface area contributed by atoms with Gasteiger partial charge < -0.3 is 25.5 Å². The molecular weight excluding hydrogens is 538 g/mol. The number of carboxylic acid groups (broad SMARTS) is 5. The van der Waals surface area contributed by atoms with Crippen molar-refractivity contribution in [2.75, 3.05) is 6.54 Å². The maximum Gasteiger partial charge on any atom is 0.325 e. The number of hydrogen-bond donors (Lipinski definition) is 5. The van der Waals surface area contributed by atoms with Gasteiger partial charge in [-0.2, -0.15) is 15.1 Å². The summed E-state index contributed by atoms with van der Waals surface area (Å²) in [4.78, 5) is 63.5. The summed E-state index contributed by atoms with van der Waals surface area (Å²) in [5.74, 6) is -6.92. The summed E-state index contributed by atoms with van der Waals surface area (Å²) < 4.78 is 0. The van der Waals surface area contributed by atoms with Crippen LogP contribution >= 0.6 is 0 Å². The summed E-state index contributed by atoms with van der Waals surface area (Å²) in [6.07, 6.45) is 8.83. The molecule has 0 heterocycles. The van der Waals surface area contributed by atoms with E-state index in [2.05, 4.69) is 0 Å². The van der Waals surface area contributed by atoms with Crippen molar-refractivity contribution in [3.8, 4) is 0 Å². The summed E-state index contributed by atoms with van der Waals surface area (Å²) in [7, 11) is 0. The minimum absolute atomic E-state index is 0.0289. The normalized spacial score (nSPS) is 23.7. The molecule has 4 fully saturated rings. The standard InChI is InChI=1S/C28H43N3O10/c32-22(33)17-29(30(27(11-12-27)25(38)39)20(23(34)35)15-18-7-3-1-4-8-18)31(28(13-14-28)26(40)41)21(24(36)37)16-19-9-5-2-6-10-19/h18-21H,1-17H2,(H,32,33)(H,34,35)(H,36,37)(H,38,39)(H,40,41)/t20-,21+. The Morgan fingerprint density at radius 3 is 1.17 bits per heavy atom. The van der Waals surface area contributed by atoms with Crippen molar-refractivity contribution in [2.45, 2.75) is 126 Å². The molecule has 13 nitrogen and oxygen atoms in total. The Labute approximate surface area is 239 Å². The highest BCUT2D eigenvalue weighted by molar-refractivity contribution is 5.85. The molecule has 4 rings (SSSR count). The maximum absolute atomic E-state index is 12.9. The Balaban J connectivity index is 1.85. The zero-order valence-electron chi connectivity index (χ0n) is 23.4. The molecule has 41 heavy (non-hydrogen) atoms. The molecule has 4 aliphatic carbocycles. The van der Waals surface area contributed by atoms with Crippen LogP contribution in [0.15, 0.2) is 0 Å². The molecule has 0 aromatic carbocycles. The van der Waals surface area contributed by atoms with Crippen molar-refractivity contribution in [1.29, 1.82) is 0 Å². The van der Waals surface area contributed by atoms with Gasteiger partial charge >= 0.3 is 29.8 Å². The molecule has 4 saturated carbocycles. The smallest absolute Gasteiger partial charge is 0.325 e. The monoisotopic (exact) mass is 581 g/mol. The highest BCUT2D eigenvalue weighted by Crippen LogP contribution is 2.51. The van der Waals surface area contributed by atoms with E-state index in [9.17, 15) is 49.5 Å². The lowest BCUT2D eigenvalue weighted by Gasteiger charge is -2.51. The summed E-state index contributed by atoms with van der Waals surface area (Å²) in [5.41, 5.74) is -3.57. The molecule has 0 saturated heterocycles. The van der Waals surface area contributed by atoms with E-state index in [-0.39, 0.29) is 50.4 Å². The summed E-state index contributed by atoms with van der Waals surface area (Å²) in [5, 5.41) is 54.7. The number of nitrogens with zero attached hydrogens (tertiary/aromatic N) is 3. The molecule has 2 atom stereocenters. The van der Waals surface area contributed by atoms with Crippen LogP contribution in [0.25, 0.3) is 0 Å². The Morgan fingerprint density at radius 1 is 0.585 bits per heavy atom. The lowest BCUT2D eigenvalue weighted by atomic mass is 9.84. The molecule has 13 heteroatoms. The largest absolute Gasteiger partial charge is 0.480 e. The first-order valence-electron chi connectivity index (χ1n) is 14.9. The van der Waals surface area contributed by atoms with Crippen LogP contribution in [0.1, 0.15) is 103 Å². The number of hydrazine groups is 2. The summed E-state index contributed by atoms with van der Waals surface area (Å²) in [6.45, 7) is -0.965. The molecule has 0 radical (unpaired) electrons. The predicted molar refractivity (Wildman–Crippen MR) is 142 cm³/mol. The number of rotatable bonds is 16. The van der Waals surface area contributed by atoms with E-state index in [1.807, 2.05) is 0 Å². The van der Waals surface area contributed by atoms with Crippen molar-refractivity contribution < 1.29 is 49.5 Å². The minimum atomic E-state index is -1.78. The van der Waals surface area contributed by atoms with Crippen LogP contribution < -0.4 is 0 Å². The Hall–Kier alpha value is -2.77. The quantitative estimate of drug-likeness (QED) is 0.167. The van der Waals surface area contributed by atoms with E-state index in [1.165, 1.54) is 0 Å². The molecule has 0 aromatic heterocycles. The van der Waals surface area contributed by atoms with Gasteiger partial charge in [-0.05, 0) is 50.4 Å². The molecule has 4 aliphatic rings. The van der Waals surface area contributed by atoms with E-state index in [4.69, 9.17) is 0 Å². The van der Waals surface area contributed by atoms with Crippen LogP contribution in [0.5, 0.6) is 0 Å². The highest BCUT2D eigenvalue weighted by Gasteiger charge is 2.66. The van der Waals surface area contributed by atoms with Crippen molar-refractivity contribution in [1.82, 2.24) is 15.1 Å². The van der Waals surface area contributed by atoms with Crippen molar-refractivity contribution in [2.24, 2.45) is 11.8 Å². The van der Waals surface area contributed by atoms with Crippen LogP contribution in [-0.4, -0.2) is 100 Å². The van der Waals surface area contributed by atoms with Gasteiger partial charge in [0.25, 0.3) is 0 Å². The Kier molecular flexibility index (Phi) is 9.59. The Bertz CT molecular complexity index is 943. The molecule has 5 N–H and O–H groups in total. The van der Waals surface area contributed by atoms with Gasteiger partial charge in [0.1, 0.15) is 29.7 Å². The van der Waals surface area contributed by atoms with Crippen LogP contribution in [0.2, 0.25) is 0 Å². The van der Waals surface area contributed by atoms with Crippen molar-refractivity contribution in [3.63, 3.8) is 0 Å². The molecule has 0 unspecified atom stereocenters. The number of carboxylic acids is 5. The van der Waals surface area contributed by atoms with Crippen LogP contribution in [0.4, 0.5) is 0 Å². The van der Waals surface area contributed by atoms with E-state index < -0.39 is 59.6 Å². The average molecular weight is 582 g/mol. The van der Waals surface area contributed by atoms with Crippen LogP contribution in [0, 0.1) is 11.8 Å². The van der Waals surface area contributed by atoms with Crippen LogP contribution in [0.3, 0.4) is 0 Å². The predicted octanol–water partition coefficient (Wildman–Crippen LogP) is 2.89. The molecule has 0 amide bonds. The maximum atomic E-state index is 12.9. The zero-order chi connectivity index (χ0) is 29.9. The molecule has 0 aromatic rings. The fourth-order valence-corrected chi connectivity index (χ4v) is 7.14. The lowest BCUT2D eigenvalue weighted by Crippen LogP contribution is -2.72. The SMILES string of the molecule is O=C(O)CN(N([C@H](CC1CCCCC1)C(=O)O)C1(C(=O)O)CC1)N([C@@H](CC1CCCCC1)C(=O)O)C1(C(=O)O)CC1. The van der Waals surface area contributed by atoms with Gasteiger partial charge in [-0.1, -0.05) is 64.2 Å². The van der Waals surface area contributed by atoms with Gasteiger partial charge in [-0.25, -0.2) is 0 Å². The zero-order valence-corrected chi connectivity index (χ0v) is 23.4. The molecular formula is C28H43N3O10. The second kappa shape index (κ2) is 12.6. The van der Waals surface area contributed by atoms with E-state index in [0.29, 0.717) is 0 Å². The third kappa shape index (κ3) is 6.67. The number of hydrogen-bond acceptors (Lipinski definition) is 8. The van der Waals surface area contributed by atoms with Gasteiger partial charge in [0.15, 0.2) is 0 Å². The number of aliphatic carboxylic acids is 5. The molecule has 0 aliphatic heterocycles. The lowest BCUT2D eigenvalue weighted by molar-refractivity contribution is -0.267. The van der Waals surface area contributed by atoms with E-state index in [0.717, 1.165) is 79.3 Å². The van der Waals surface area contributed by atoms with Crippen molar-refractivity contribution in [3.05, 3.63) is 0 Å². The first-order chi connectivity index (χ1) is 19.4. The van der Waals surface area contributed by atoms with Gasteiger partial charge in [-0.3, -0.25) is 24.0 Å². The fraction of sp³-hybridized carbons (Fsp3) is 0.821. The Morgan fingerprint density at radius 2 is 0.927 bits per heavy atom. The van der Waals surface area contributed by atoms with Gasteiger partial charge in [0.05, 0.1) is 0 Å². The summed E-state index contributed by atoms with van der Waals surface area (Å²) >= 11 is 0. The van der Waals surface area contributed by atoms with E-state index in [1.54, 1.807) is 0 Å². The first kappa shape index (κ1) is 31.2. The average Bonchev–Trinajstić information content (AvgIpc) is 3.84. The van der Waals surface area contributed by atoms with Gasteiger partial charge in [-0.15, -0.1) is 0 Å².